The summed E-state index contributed by atoms with van der Waals surface area (Å²) in [5, 5.41) is 20.4. The summed E-state index contributed by atoms with van der Waals surface area (Å²) in [6.07, 6.45) is -0.285. The number of aliphatic carboxylic acids is 1. The largest absolute Gasteiger partial charge is 0.480 e. The number of hydrogen-bond acceptors (Lipinski definition) is 5. The number of aliphatic hydroxyl groups excluding tert-OH is 1. The molecule has 0 aromatic carbocycles. The van der Waals surface area contributed by atoms with Gasteiger partial charge in [0.2, 0.25) is 0 Å². The highest BCUT2D eigenvalue weighted by Crippen LogP contribution is 2.01. The van der Waals surface area contributed by atoms with Crippen LogP contribution < -0.4 is 5.32 Å². The predicted octanol–water partition coefficient (Wildman–Crippen LogP) is -0.195. The topological polar surface area (TPSA) is 116 Å². The van der Waals surface area contributed by atoms with Crippen LogP contribution in [0.4, 0.5) is 4.79 Å². The summed E-state index contributed by atoms with van der Waals surface area (Å²) in [5.41, 5.74) is 0. The summed E-state index contributed by atoms with van der Waals surface area (Å²) >= 11 is 0. The number of nitrogens with one attached hydrogen (secondary N) is 1. The van der Waals surface area contributed by atoms with E-state index in [4.69, 9.17) is 10.2 Å². The summed E-state index contributed by atoms with van der Waals surface area (Å²) in [5.74, 6) is -1.75. The zero-order chi connectivity index (χ0) is 15.7. The molecule has 0 heterocycles. The van der Waals surface area contributed by atoms with Crippen LogP contribution in [0, 0.1) is 0 Å². The van der Waals surface area contributed by atoms with Gasteiger partial charge in [-0.25, -0.2) is 9.59 Å². The Kier molecular flexibility index (Phi) is 8.30. The molecule has 0 aliphatic heterocycles. The van der Waals surface area contributed by atoms with Crippen molar-refractivity contribution in [1.29, 1.82) is 0 Å². The normalized spacial score (nSPS) is 13.2. The molecule has 0 saturated heterocycles. The lowest BCUT2D eigenvalue weighted by Gasteiger charge is -2.21. The summed E-state index contributed by atoms with van der Waals surface area (Å²) < 4.78 is 4.41. The van der Waals surface area contributed by atoms with E-state index >= 15 is 0 Å². The number of aliphatic hydroxyl groups is 1. The molecule has 2 atom stereocenters. The molecule has 8 nitrogen and oxygen atoms in total. The van der Waals surface area contributed by atoms with Crippen molar-refractivity contribution in [1.82, 2.24) is 10.2 Å². The molecule has 0 fully saturated rings. The van der Waals surface area contributed by atoms with Crippen LogP contribution in [0.25, 0.3) is 0 Å². The molecule has 116 valence electrons. The number of methoxy groups -OCH3 is 1. The van der Waals surface area contributed by atoms with Gasteiger partial charge in [-0.3, -0.25) is 4.79 Å². The molecule has 0 aliphatic carbocycles. The highest BCUT2D eigenvalue weighted by molar-refractivity contribution is 5.83. The Morgan fingerprint density at radius 2 is 1.90 bits per heavy atom. The standard InChI is InChI=1S/C12H22N2O6/c1-8(15)6-7-14(2)12(19)13-9(11(17)18)4-5-10(16)20-3/h8-9,15H,4-7H2,1-3H3,(H,13,19)(H,17,18)/t8?,9-/m1/s1. The number of rotatable bonds is 8. The van der Waals surface area contributed by atoms with Crippen molar-refractivity contribution >= 4 is 18.0 Å². The molecule has 0 aromatic rings. The third kappa shape index (κ3) is 7.57. The molecule has 0 radical (unpaired) electrons. The van der Waals surface area contributed by atoms with E-state index in [1.807, 2.05) is 0 Å². The number of ether oxygens (including phenoxy) is 1. The Bertz CT molecular complexity index is 345. The lowest BCUT2D eigenvalue weighted by atomic mass is 10.1. The molecule has 2 amide bonds. The number of carboxylic acids is 1. The van der Waals surface area contributed by atoms with Gasteiger partial charge in [-0.15, -0.1) is 0 Å². The Morgan fingerprint density at radius 3 is 2.35 bits per heavy atom. The van der Waals surface area contributed by atoms with Crippen molar-refractivity contribution in [3.05, 3.63) is 0 Å². The maximum atomic E-state index is 11.7. The van der Waals surface area contributed by atoms with Crippen LogP contribution >= 0.6 is 0 Å². The van der Waals surface area contributed by atoms with Crippen LogP contribution in [0.1, 0.15) is 26.2 Å². The fourth-order valence-electron chi connectivity index (χ4n) is 1.36. The lowest BCUT2D eigenvalue weighted by molar-refractivity contribution is -0.142. The van der Waals surface area contributed by atoms with Gasteiger partial charge >= 0.3 is 18.0 Å². The van der Waals surface area contributed by atoms with Gasteiger partial charge < -0.3 is 25.2 Å². The van der Waals surface area contributed by atoms with Gasteiger partial charge in [0.25, 0.3) is 0 Å². The zero-order valence-corrected chi connectivity index (χ0v) is 12.0. The second kappa shape index (κ2) is 9.13. The second-order valence-corrected chi connectivity index (χ2v) is 4.51. The fourth-order valence-corrected chi connectivity index (χ4v) is 1.36. The smallest absolute Gasteiger partial charge is 0.326 e. The van der Waals surface area contributed by atoms with Crippen LogP contribution in [0.5, 0.6) is 0 Å². The van der Waals surface area contributed by atoms with Gasteiger partial charge in [0.05, 0.1) is 13.2 Å². The molecular formula is C12H22N2O6. The van der Waals surface area contributed by atoms with E-state index in [1.54, 1.807) is 6.92 Å². The third-order valence-corrected chi connectivity index (χ3v) is 2.69. The second-order valence-electron chi connectivity index (χ2n) is 4.51. The summed E-state index contributed by atoms with van der Waals surface area (Å²) in [6, 6.07) is -1.72. The number of nitrogens with zero attached hydrogens (tertiary/aromatic N) is 1. The van der Waals surface area contributed by atoms with Crippen molar-refractivity contribution in [3.63, 3.8) is 0 Å². The van der Waals surface area contributed by atoms with Crippen molar-refractivity contribution in [2.45, 2.75) is 38.3 Å². The number of hydrogen-bond donors (Lipinski definition) is 3. The van der Waals surface area contributed by atoms with E-state index in [9.17, 15) is 14.4 Å². The third-order valence-electron chi connectivity index (χ3n) is 2.69. The minimum atomic E-state index is -1.22. The van der Waals surface area contributed by atoms with E-state index in [0.29, 0.717) is 13.0 Å². The van der Waals surface area contributed by atoms with Gasteiger partial charge in [-0.1, -0.05) is 0 Å². The SMILES string of the molecule is COC(=O)CC[C@@H](NC(=O)N(C)CCC(C)O)C(=O)O. The Balaban J connectivity index is 4.32. The molecule has 0 spiro atoms. The van der Waals surface area contributed by atoms with Crippen LogP contribution in [0.15, 0.2) is 0 Å². The maximum absolute atomic E-state index is 11.7. The molecule has 0 aliphatic rings. The first-order chi connectivity index (χ1) is 9.27. The van der Waals surface area contributed by atoms with Gasteiger partial charge in [0.15, 0.2) is 0 Å². The first-order valence-electron chi connectivity index (χ1n) is 6.27. The molecule has 3 N–H and O–H groups in total. The minimum absolute atomic E-state index is 0.0437. The molecule has 1 unspecified atom stereocenters. The predicted molar refractivity (Wildman–Crippen MR) is 70.1 cm³/mol. The van der Waals surface area contributed by atoms with E-state index < -0.39 is 30.1 Å². The van der Waals surface area contributed by atoms with Crippen molar-refractivity contribution in [3.8, 4) is 0 Å². The van der Waals surface area contributed by atoms with E-state index in [-0.39, 0.29) is 12.8 Å². The van der Waals surface area contributed by atoms with Crippen LogP contribution in [-0.4, -0.2) is 65.9 Å². The van der Waals surface area contributed by atoms with Crippen LogP contribution in [-0.2, 0) is 14.3 Å². The number of esters is 1. The molecule has 8 heteroatoms. The molecule has 0 rings (SSSR count). The molecular weight excluding hydrogens is 268 g/mol. The lowest BCUT2D eigenvalue weighted by Crippen LogP contribution is -2.47. The summed E-state index contributed by atoms with van der Waals surface area (Å²) in [4.78, 5) is 35.0. The fraction of sp³-hybridized carbons (Fsp3) is 0.750. The summed E-state index contributed by atoms with van der Waals surface area (Å²) in [7, 11) is 2.71. The van der Waals surface area contributed by atoms with Gasteiger partial charge in [0, 0.05) is 20.0 Å². The van der Waals surface area contributed by atoms with E-state index in [1.165, 1.54) is 19.1 Å². The van der Waals surface area contributed by atoms with Gasteiger partial charge in [-0.05, 0) is 19.8 Å². The molecule has 20 heavy (non-hydrogen) atoms. The van der Waals surface area contributed by atoms with Crippen LogP contribution in [0.3, 0.4) is 0 Å². The Morgan fingerprint density at radius 1 is 1.30 bits per heavy atom. The average molecular weight is 290 g/mol. The van der Waals surface area contributed by atoms with E-state index in [0.717, 1.165) is 0 Å². The molecule has 0 saturated carbocycles. The van der Waals surface area contributed by atoms with Crippen molar-refractivity contribution < 1.29 is 29.3 Å². The average Bonchev–Trinajstić information content (AvgIpc) is 2.39. The number of urea groups is 1. The molecule has 0 aromatic heterocycles. The highest BCUT2D eigenvalue weighted by Gasteiger charge is 2.22. The number of carbonyl (C=O) groups is 3. The quantitative estimate of drug-likeness (QED) is 0.533. The number of carboxylic acid groups (broad SMARTS) is 1. The van der Waals surface area contributed by atoms with Crippen molar-refractivity contribution in [2.24, 2.45) is 0 Å². The minimum Gasteiger partial charge on any atom is -0.480 e. The Hall–Kier alpha value is -1.83. The number of carbonyl (C=O) groups excluding carboxylic acids is 2. The first-order valence-corrected chi connectivity index (χ1v) is 6.27. The van der Waals surface area contributed by atoms with Crippen molar-refractivity contribution in [2.75, 3.05) is 20.7 Å². The zero-order valence-electron chi connectivity index (χ0n) is 12.0. The highest BCUT2D eigenvalue weighted by atomic mass is 16.5. The first kappa shape index (κ1) is 18.2. The monoisotopic (exact) mass is 290 g/mol. The van der Waals surface area contributed by atoms with Gasteiger partial charge in [0.1, 0.15) is 6.04 Å². The maximum Gasteiger partial charge on any atom is 0.326 e. The summed E-state index contributed by atoms with van der Waals surface area (Å²) in [6.45, 7) is 1.90. The Labute approximate surface area is 117 Å². The van der Waals surface area contributed by atoms with Crippen LogP contribution in [0.2, 0.25) is 0 Å². The van der Waals surface area contributed by atoms with Gasteiger partial charge in [-0.2, -0.15) is 0 Å². The molecule has 0 bridgehead atoms. The number of amides is 2. The van der Waals surface area contributed by atoms with E-state index in [2.05, 4.69) is 10.1 Å².